The Hall–Kier alpha value is -3.15. The number of nitrogens with zero attached hydrogens (tertiary/aromatic N) is 3. The number of rotatable bonds is 26. The summed E-state index contributed by atoms with van der Waals surface area (Å²) in [7, 11) is 6.80. The van der Waals surface area contributed by atoms with Gasteiger partial charge in [-0.15, -0.1) is 0 Å². The Kier molecular flexibility index (Phi) is 20.8. The fourth-order valence-electron chi connectivity index (χ4n) is 8.63. The Labute approximate surface area is 331 Å². The molecule has 8 atom stereocenters. The van der Waals surface area contributed by atoms with Crippen LogP contribution in [0.4, 0.5) is 0 Å². The van der Waals surface area contributed by atoms with Gasteiger partial charge in [0.25, 0.3) is 0 Å². The number of amides is 2. The van der Waals surface area contributed by atoms with Gasteiger partial charge < -0.3 is 24.4 Å². The summed E-state index contributed by atoms with van der Waals surface area (Å²) < 4.78 is 12.0. The van der Waals surface area contributed by atoms with Crippen LogP contribution in [0.2, 0.25) is 0 Å². The molecule has 2 rings (SSSR count). The van der Waals surface area contributed by atoms with Crippen LogP contribution in [-0.4, -0.2) is 121 Å². The summed E-state index contributed by atoms with van der Waals surface area (Å²) in [5, 5.41) is 9.10. The molecule has 312 valence electrons. The third-order valence-corrected chi connectivity index (χ3v) is 12.0. The predicted molar refractivity (Wildman–Crippen MR) is 217 cm³/mol. The first-order valence-electron chi connectivity index (χ1n) is 20.6. The number of hydrogen-bond donors (Lipinski definition) is 1. The molecular formula is C44H73N3O8. The van der Waals surface area contributed by atoms with E-state index in [1.165, 1.54) is 5.56 Å². The number of benzene rings is 1. The van der Waals surface area contributed by atoms with E-state index in [9.17, 15) is 24.0 Å². The highest BCUT2D eigenvalue weighted by atomic mass is 16.5. The first kappa shape index (κ1) is 48.0. The number of carbonyl (C=O) groups is 5. The summed E-state index contributed by atoms with van der Waals surface area (Å²) in [5.74, 6) is -2.11. The molecule has 0 aliphatic carbocycles. The standard InChI is InChI=1S/C44H73N3O8/c1-12-31(6)42(46(9)44(53)34(29(2)3)27-37(49)41(30(4)5)45(8)25-18-24-40(51)52)38(54-10)28-39(50)47-26-17-22-35(47)43(55-11)32(7)36(48)23-16-21-33-19-14-13-15-20-33/h13-15,19-20,29-32,34-35,38,41-43H,12,16-18,21-28H2,1-11H3,(H,51,52)/t31-,32-,34-,35-,38+,41-,42-,43+/m0/s1. The highest BCUT2D eigenvalue weighted by Crippen LogP contribution is 2.31. The second-order valence-electron chi connectivity index (χ2n) is 16.6. The maximum absolute atomic E-state index is 14.4. The summed E-state index contributed by atoms with van der Waals surface area (Å²) in [6, 6.07) is 9.03. The summed E-state index contributed by atoms with van der Waals surface area (Å²) in [6.45, 7) is 14.9. The van der Waals surface area contributed by atoms with E-state index in [0.29, 0.717) is 25.9 Å². The van der Waals surface area contributed by atoms with E-state index in [2.05, 4.69) is 26.0 Å². The summed E-state index contributed by atoms with van der Waals surface area (Å²) in [5.41, 5.74) is 1.21. The zero-order valence-electron chi connectivity index (χ0n) is 35.8. The van der Waals surface area contributed by atoms with Crippen LogP contribution in [0.5, 0.6) is 0 Å². The average molecular weight is 772 g/mol. The Balaban J connectivity index is 2.22. The fourth-order valence-corrected chi connectivity index (χ4v) is 8.63. The van der Waals surface area contributed by atoms with Crippen LogP contribution in [-0.2, 0) is 39.9 Å². The van der Waals surface area contributed by atoms with Gasteiger partial charge >= 0.3 is 5.97 Å². The molecule has 2 amide bonds. The molecule has 0 bridgehead atoms. The number of ether oxygens (including phenoxy) is 2. The molecular weight excluding hydrogens is 698 g/mol. The van der Waals surface area contributed by atoms with Crippen LogP contribution in [0, 0.1) is 29.6 Å². The van der Waals surface area contributed by atoms with Crippen molar-refractivity contribution in [1.82, 2.24) is 14.7 Å². The average Bonchev–Trinajstić information content (AvgIpc) is 3.63. The number of aryl methyl sites for hydroxylation is 1. The Morgan fingerprint density at radius 1 is 0.873 bits per heavy atom. The smallest absolute Gasteiger partial charge is 0.303 e. The molecule has 1 fully saturated rings. The molecule has 0 saturated carbocycles. The Bertz CT molecular complexity index is 1350. The number of likely N-dealkylation sites (tertiary alicyclic amines) is 1. The van der Waals surface area contributed by atoms with Crippen molar-refractivity contribution in [3.05, 3.63) is 35.9 Å². The topological polar surface area (TPSA) is 134 Å². The number of methoxy groups -OCH3 is 2. The Morgan fingerprint density at radius 2 is 1.53 bits per heavy atom. The largest absolute Gasteiger partial charge is 0.481 e. The minimum absolute atomic E-state index is 0.00590. The van der Waals surface area contributed by atoms with Crippen molar-refractivity contribution in [2.45, 2.75) is 143 Å². The lowest BCUT2D eigenvalue weighted by atomic mass is 9.83. The lowest BCUT2D eigenvalue weighted by Crippen LogP contribution is -2.54. The first-order chi connectivity index (χ1) is 26.0. The highest BCUT2D eigenvalue weighted by Gasteiger charge is 2.43. The molecule has 0 radical (unpaired) electrons. The quantitative estimate of drug-likeness (QED) is 0.111. The highest BCUT2D eigenvalue weighted by molar-refractivity contribution is 5.90. The van der Waals surface area contributed by atoms with Gasteiger partial charge in [0.15, 0.2) is 5.78 Å². The molecule has 1 aromatic carbocycles. The number of carbonyl (C=O) groups excluding carboxylic acids is 4. The lowest BCUT2D eigenvalue weighted by Gasteiger charge is -2.41. The number of carboxylic acids is 1. The van der Waals surface area contributed by atoms with Gasteiger partial charge in [-0.1, -0.05) is 85.2 Å². The molecule has 1 aromatic rings. The fraction of sp³-hybridized carbons (Fsp3) is 0.750. The van der Waals surface area contributed by atoms with E-state index in [-0.39, 0.29) is 72.4 Å². The van der Waals surface area contributed by atoms with E-state index in [0.717, 1.165) is 32.1 Å². The number of likely N-dealkylation sites (N-methyl/N-ethyl adjacent to an activating group) is 2. The van der Waals surface area contributed by atoms with E-state index in [1.807, 2.05) is 69.7 Å². The molecule has 0 unspecified atom stereocenters. The van der Waals surface area contributed by atoms with Gasteiger partial charge in [-0.2, -0.15) is 0 Å². The van der Waals surface area contributed by atoms with E-state index in [1.54, 1.807) is 26.2 Å². The van der Waals surface area contributed by atoms with Crippen molar-refractivity contribution in [2.75, 3.05) is 41.4 Å². The summed E-state index contributed by atoms with van der Waals surface area (Å²) >= 11 is 0. The van der Waals surface area contributed by atoms with Crippen LogP contribution >= 0.6 is 0 Å². The number of carboxylic acid groups (broad SMARTS) is 1. The minimum Gasteiger partial charge on any atom is -0.481 e. The third kappa shape index (κ3) is 14.1. The van der Waals surface area contributed by atoms with Crippen molar-refractivity contribution < 1.29 is 38.6 Å². The molecule has 11 heteroatoms. The normalized spacial score (nSPS) is 18.5. The Morgan fingerprint density at radius 3 is 2.07 bits per heavy atom. The summed E-state index contributed by atoms with van der Waals surface area (Å²) in [6.07, 6.45) is 3.91. The lowest BCUT2D eigenvalue weighted by molar-refractivity contribution is -0.149. The van der Waals surface area contributed by atoms with Crippen LogP contribution in [0.3, 0.4) is 0 Å². The molecule has 0 spiro atoms. The van der Waals surface area contributed by atoms with Crippen molar-refractivity contribution in [1.29, 1.82) is 0 Å². The monoisotopic (exact) mass is 772 g/mol. The molecule has 1 aliphatic rings. The number of Topliss-reactive ketones (excluding diaryl/α,β-unsaturated/α-hetero) is 2. The van der Waals surface area contributed by atoms with Gasteiger partial charge in [-0.25, -0.2) is 0 Å². The number of ketones is 2. The van der Waals surface area contributed by atoms with Crippen molar-refractivity contribution in [3.63, 3.8) is 0 Å². The second kappa shape index (κ2) is 23.8. The molecule has 0 aromatic heterocycles. The zero-order valence-corrected chi connectivity index (χ0v) is 35.8. The van der Waals surface area contributed by atoms with Crippen molar-refractivity contribution in [3.8, 4) is 0 Å². The molecule has 1 heterocycles. The van der Waals surface area contributed by atoms with Gasteiger partial charge in [0.05, 0.1) is 36.8 Å². The first-order valence-corrected chi connectivity index (χ1v) is 20.6. The molecule has 1 aliphatic heterocycles. The maximum atomic E-state index is 14.4. The number of aliphatic carboxylic acids is 1. The van der Waals surface area contributed by atoms with Gasteiger partial charge in [0.2, 0.25) is 11.8 Å². The van der Waals surface area contributed by atoms with Crippen LogP contribution < -0.4 is 0 Å². The second-order valence-corrected chi connectivity index (χ2v) is 16.6. The third-order valence-electron chi connectivity index (χ3n) is 12.0. The molecule has 1 saturated heterocycles. The van der Waals surface area contributed by atoms with Crippen molar-refractivity contribution >= 4 is 29.4 Å². The van der Waals surface area contributed by atoms with Gasteiger partial charge in [-0.3, -0.25) is 28.9 Å². The molecule has 11 nitrogen and oxygen atoms in total. The minimum atomic E-state index is -0.868. The van der Waals surface area contributed by atoms with Gasteiger partial charge in [-0.05, 0) is 69.0 Å². The van der Waals surface area contributed by atoms with Crippen molar-refractivity contribution in [2.24, 2.45) is 29.6 Å². The summed E-state index contributed by atoms with van der Waals surface area (Å²) in [4.78, 5) is 72.5. The zero-order chi connectivity index (χ0) is 41.4. The van der Waals surface area contributed by atoms with Crippen LogP contribution in [0.1, 0.15) is 112 Å². The SMILES string of the molecule is CC[C@H](C)[C@@H]([C@@H](CC(=O)N1CCC[C@H]1[C@H](OC)[C@@H](C)C(=O)CCCc1ccccc1)OC)N(C)C(=O)[C@@H](CC(=O)[C@H](C(C)C)N(C)CCCC(=O)O)C(C)C. The molecule has 55 heavy (non-hydrogen) atoms. The van der Waals surface area contributed by atoms with E-state index < -0.39 is 36.2 Å². The van der Waals surface area contributed by atoms with E-state index in [4.69, 9.17) is 14.6 Å². The van der Waals surface area contributed by atoms with Crippen LogP contribution in [0.15, 0.2) is 30.3 Å². The number of hydrogen-bond acceptors (Lipinski definition) is 8. The maximum Gasteiger partial charge on any atom is 0.303 e. The molecule has 1 N–H and O–H groups in total. The van der Waals surface area contributed by atoms with Gasteiger partial charge in [0, 0.05) is 58.9 Å². The van der Waals surface area contributed by atoms with Gasteiger partial charge in [0.1, 0.15) is 5.78 Å². The van der Waals surface area contributed by atoms with E-state index >= 15 is 0 Å². The predicted octanol–water partition coefficient (Wildman–Crippen LogP) is 6.55. The van der Waals surface area contributed by atoms with Crippen LogP contribution in [0.25, 0.3) is 0 Å².